The molecule has 4 aliphatic carbocycles. The Balaban J connectivity index is 1.68. The van der Waals surface area contributed by atoms with E-state index in [9.17, 15) is 36.4 Å². The van der Waals surface area contributed by atoms with Crippen molar-refractivity contribution in [1.82, 2.24) is 0 Å². The van der Waals surface area contributed by atoms with Gasteiger partial charge in [0.1, 0.15) is 11.9 Å². The number of hydrogen-bond acceptors (Lipinski definition) is 3. The van der Waals surface area contributed by atoms with Crippen molar-refractivity contribution in [2.75, 3.05) is 6.26 Å². The molecule has 0 radical (unpaired) electrons. The Morgan fingerprint density at radius 1 is 1.06 bits per heavy atom. The van der Waals surface area contributed by atoms with Crippen LogP contribution < -0.4 is 0 Å². The molecule has 1 N–H and O–H groups in total. The number of carbonyl (C=O) groups excluding carboxylic acids is 1. The maximum Gasteiger partial charge on any atom is 0.456 e. The van der Waals surface area contributed by atoms with Crippen molar-refractivity contribution < 1.29 is 36.4 Å². The zero-order valence-electron chi connectivity index (χ0n) is 20.1. The monoisotopic (exact) mass is 528 g/mol. The van der Waals surface area contributed by atoms with Gasteiger partial charge in [-0.2, -0.15) is 22.0 Å². The van der Waals surface area contributed by atoms with Crippen molar-refractivity contribution in [1.29, 1.82) is 0 Å². The normalized spacial score (nSPS) is 35.6. The molecule has 0 aliphatic heterocycles. The molecule has 4 aliphatic rings. The maximum atomic E-state index is 15.0. The first kappa shape index (κ1) is 25.9. The fourth-order valence-corrected chi connectivity index (χ4v) is 8.13. The minimum Gasteiger partial charge on any atom is -0.612 e. The number of allylic oxidation sites excluding steroid dienone is 4. The lowest BCUT2D eigenvalue weighted by atomic mass is 9.50. The third-order valence-electron chi connectivity index (χ3n) is 9.38. The number of ketones is 1. The summed E-state index contributed by atoms with van der Waals surface area (Å²) in [6.45, 7) is 1.41. The molecule has 0 amide bonds. The summed E-state index contributed by atoms with van der Waals surface area (Å²) in [6, 6.07) is 6.90. The predicted octanol–water partition coefficient (Wildman–Crippen LogP) is 6.25. The summed E-state index contributed by atoms with van der Waals surface area (Å²) < 4.78 is 82.7. The van der Waals surface area contributed by atoms with E-state index >= 15 is 0 Å². The third-order valence-corrected chi connectivity index (χ3v) is 10.3. The number of alkyl halides is 5. The lowest BCUT2D eigenvalue weighted by Gasteiger charge is -2.56. The largest absolute Gasteiger partial charge is 0.612 e. The summed E-state index contributed by atoms with van der Waals surface area (Å²) in [7, 11) is 0. The first-order valence-electron chi connectivity index (χ1n) is 12.3. The molecule has 1 aromatic carbocycles. The number of benzene rings is 1. The van der Waals surface area contributed by atoms with Crippen LogP contribution >= 0.6 is 0 Å². The number of rotatable bonds is 3. The van der Waals surface area contributed by atoms with E-state index in [0.29, 0.717) is 30.6 Å². The molecule has 1 aromatic rings. The van der Waals surface area contributed by atoms with Crippen molar-refractivity contribution >= 4 is 17.0 Å². The molecule has 2 saturated carbocycles. The van der Waals surface area contributed by atoms with Gasteiger partial charge < -0.3 is 9.66 Å². The lowest BCUT2D eigenvalue weighted by molar-refractivity contribution is -0.362. The topological polar surface area (TPSA) is 60.4 Å². The number of carbonyl (C=O) groups is 1. The Bertz CT molecular complexity index is 1140. The van der Waals surface area contributed by atoms with Gasteiger partial charge in [-0.25, -0.2) is 0 Å². The van der Waals surface area contributed by atoms with Crippen molar-refractivity contribution in [3.8, 4) is 0 Å². The van der Waals surface area contributed by atoms with E-state index in [1.54, 1.807) is 30.3 Å². The number of halogens is 5. The van der Waals surface area contributed by atoms with Gasteiger partial charge in [0.2, 0.25) is 0 Å². The smallest absolute Gasteiger partial charge is 0.456 e. The van der Waals surface area contributed by atoms with E-state index in [1.165, 1.54) is 13.2 Å². The van der Waals surface area contributed by atoms with Gasteiger partial charge in [-0.1, -0.05) is 24.6 Å². The quantitative estimate of drug-likeness (QED) is 0.373. The maximum absolute atomic E-state index is 15.0. The third kappa shape index (κ3) is 3.56. The summed E-state index contributed by atoms with van der Waals surface area (Å²) >= 11 is -1.23. The van der Waals surface area contributed by atoms with Crippen LogP contribution in [0.4, 0.5) is 22.0 Å². The van der Waals surface area contributed by atoms with Crippen molar-refractivity contribution in [2.45, 2.75) is 80.4 Å². The minimum absolute atomic E-state index is 0.0415. The summed E-state index contributed by atoms with van der Waals surface area (Å²) in [4.78, 5) is 12.7. The standard InChI is InChI=1S/C27H29F5O3S/c1-24-14-21(15-3-7-18(8-4-15)36(2)35)23-19-10-6-17(33)13-16(19)5-9-20(23)22(24)11-12-25(24,34)26(28,29)27(30,31)32/h3-4,7-8,13,20-22,34H,5-6,9-12,14H2,1-2H3/t20?,21?,22?,24?,25-,36?/m0/s1. The van der Waals surface area contributed by atoms with E-state index in [1.807, 2.05) is 0 Å². The van der Waals surface area contributed by atoms with Crippen LogP contribution in [0.3, 0.4) is 0 Å². The molecular weight excluding hydrogens is 499 g/mol. The molecule has 6 atom stereocenters. The van der Waals surface area contributed by atoms with Crippen molar-refractivity contribution in [3.05, 3.63) is 52.6 Å². The van der Waals surface area contributed by atoms with Gasteiger partial charge in [0.05, 0.1) is 0 Å². The van der Waals surface area contributed by atoms with Gasteiger partial charge in [-0.05, 0) is 96.5 Å². The first-order valence-corrected chi connectivity index (χ1v) is 13.8. The van der Waals surface area contributed by atoms with E-state index in [-0.39, 0.29) is 24.5 Å². The van der Waals surface area contributed by atoms with E-state index in [2.05, 4.69) is 0 Å². The SMILES string of the molecule is C[S+]([O-])c1ccc(C2CC3(C)C(CC[C@@]3(O)C(F)(F)C(F)(F)F)C3CCC4=CC(=O)CCC4=C23)cc1. The van der Waals surface area contributed by atoms with Gasteiger partial charge in [-0.3, -0.25) is 4.79 Å². The summed E-state index contributed by atoms with van der Waals surface area (Å²) in [5, 5.41) is 11.3. The van der Waals surface area contributed by atoms with Gasteiger partial charge in [-0.15, -0.1) is 0 Å². The van der Waals surface area contributed by atoms with E-state index in [0.717, 1.165) is 22.3 Å². The highest BCUT2D eigenvalue weighted by atomic mass is 32.2. The Morgan fingerprint density at radius 2 is 1.72 bits per heavy atom. The highest BCUT2D eigenvalue weighted by molar-refractivity contribution is 7.90. The second-order valence-electron chi connectivity index (χ2n) is 11.0. The molecule has 0 heterocycles. The summed E-state index contributed by atoms with van der Waals surface area (Å²) in [5.74, 6) is -6.49. The molecule has 5 unspecified atom stereocenters. The Labute approximate surface area is 210 Å². The zero-order chi connectivity index (χ0) is 26.3. The van der Waals surface area contributed by atoms with Crippen LogP contribution in [0.15, 0.2) is 52.0 Å². The highest BCUT2D eigenvalue weighted by Gasteiger charge is 2.79. The van der Waals surface area contributed by atoms with Crippen LogP contribution in [0.1, 0.15) is 63.4 Å². The molecule has 36 heavy (non-hydrogen) atoms. The predicted molar refractivity (Wildman–Crippen MR) is 125 cm³/mol. The molecule has 2 fully saturated rings. The minimum atomic E-state index is -5.87. The second-order valence-corrected chi connectivity index (χ2v) is 12.4. The van der Waals surface area contributed by atoms with Gasteiger partial charge in [0.25, 0.3) is 0 Å². The fourth-order valence-electron chi connectivity index (χ4n) is 7.61. The summed E-state index contributed by atoms with van der Waals surface area (Å²) in [5.41, 5.74) is -1.18. The van der Waals surface area contributed by atoms with Crippen molar-refractivity contribution in [2.24, 2.45) is 17.3 Å². The Hall–Kier alpha value is -1.71. The summed E-state index contributed by atoms with van der Waals surface area (Å²) in [6.07, 6.45) is -1.31. The zero-order valence-corrected chi connectivity index (χ0v) is 20.9. The van der Waals surface area contributed by atoms with Crippen LogP contribution in [0.5, 0.6) is 0 Å². The molecule has 0 aromatic heterocycles. The highest BCUT2D eigenvalue weighted by Crippen LogP contribution is 2.70. The van der Waals surface area contributed by atoms with E-state index < -0.39 is 52.5 Å². The number of hydrogen-bond donors (Lipinski definition) is 1. The second kappa shape index (κ2) is 8.40. The van der Waals surface area contributed by atoms with Gasteiger partial charge in [0.15, 0.2) is 10.7 Å². The van der Waals surface area contributed by atoms with Crippen LogP contribution in [0.2, 0.25) is 0 Å². The molecule has 196 valence electrons. The number of fused-ring (bicyclic) bond motifs is 4. The van der Waals surface area contributed by atoms with E-state index in [4.69, 9.17) is 0 Å². The first-order chi connectivity index (χ1) is 16.7. The molecule has 0 spiro atoms. The molecule has 3 nitrogen and oxygen atoms in total. The molecule has 0 saturated heterocycles. The van der Waals surface area contributed by atoms with Crippen LogP contribution in [0, 0.1) is 17.3 Å². The molecule has 9 heteroatoms. The van der Waals surface area contributed by atoms with Crippen LogP contribution in [-0.2, 0) is 16.0 Å². The molecular formula is C27H29F5O3S. The van der Waals surface area contributed by atoms with Crippen LogP contribution in [-0.4, -0.2) is 39.4 Å². The number of aliphatic hydroxyl groups is 1. The van der Waals surface area contributed by atoms with Crippen molar-refractivity contribution in [3.63, 3.8) is 0 Å². The average Bonchev–Trinajstić information content (AvgIpc) is 3.09. The Morgan fingerprint density at radius 3 is 2.33 bits per heavy atom. The average molecular weight is 529 g/mol. The molecule has 0 bridgehead atoms. The fraction of sp³-hybridized carbons (Fsp3) is 0.593. The Kier molecular flexibility index (Phi) is 6.05. The van der Waals surface area contributed by atoms with Crippen LogP contribution in [0.25, 0.3) is 0 Å². The van der Waals surface area contributed by atoms with Gasteiger partial charge in [0, 0.05) is 17.8 Å². The lowest BCUT2D eigenvalue weighted by Crippen LogP contribution is -2.65. The van der Waals surface area contributed by atoms with Gasteiger partial charge >= 0.3 is 12.1 Å². The molecule has 5 rings (SSSR count).